The second-order valence-electron chi connectivity index (χ2n) is 17.1. The third-order valence-corrected chi connectivity index (χ3v) is 9.04. The van der Waals surface area contributed by atoms with E-state index in [1.54, 1.807) is 99.0 Å². The summed E-state index contributed by atoms with van der Waals surface area (Å²) < 4.78 is 52.3. The summed E-state index contributed by atoms with van der Waals surface area (Å²) >= 11 is 0. The molecular formula is C40H49F2N7O7. The maximum atomic E-state index is 16.8. The number of carbonyl (C=O) groups excluding carboxylic acids is 3. The Balaban J connectivity index is 1.44. The first-order chi connectivity index (χ1) is 25.9. The highest BCUT2D eigenvalue weighted by Crippen LogP contribution is 2.33. The first kappa shape index (κ1) is 40.0. The molecule has 2 aromatic heterocycles. The molecule has 0 atom stereocenters. The lowest BCUT2D eigenvalue weighted by Gasteiger charge is -2.40. The summed E-state index contributed by atoms with van der Waals surface area (Å²) in [6.45, 7) is 18.5. The van der Waals surface area contributed by atoms with Crippen LogP contribution >= 0.6 is 0 Å². The molecule has 16 heteroatoms. The van der Waals surface area contributed by atoms with Crippen LogP contribution in [-0.4, -0.2) is 75.5 Å². The zero-order valence-corrected chi connectivity index (χ0v) is 33.7. The Morgan fingerprint density at radius 3 is 1.80 bits per heavy atom. The normalized spacial score (nSPS) is 14.7. The average molecular weight is 778 g/mol. The van der Waals surface area contributed by atoms with E-state index in [9.17, 15) is 23.6 Å². The molecule has 4 heterocycles. The standard InChI is InChI=1S/C40H49F2N7O7/c1-23-18-26(19-24(2)31(23)41)49-33(28-21-44(15-14-29(28)43-49)35(51)54-38(3,4)5)46-17-16-45(34(46)50)30-13-12-25-20-47(36(52)55-39(6,7)8)48(22-27(25)32(30)42)37(53)56-40(9,10)11/h12-13,16-19H,14-15,20-22H2,1-11H3. The van der Waals surface area contributed by atoms with Gasteiger partial charge in [0.25, 0.3) is 0 Å². The number of hydrogen-bond acceptors (Lipinski definition) is 8. The number of aryl methyl sites for hydroxylation is 2. The molecule has 300 valence electrons. The van der Waals surface area contributed by atoms with Gasteiger partial charge in [0.15, 0.2) is 5.82 Å². The molecular weight excluding hydrogens is 728 g/mol. The lowest BCUT2D eigenvalue weighted by Crippen LogP contribution is -2.54. The Hall–Kier alpha value is -5.67. The van der Waals surface area contributed by atoms with Gasteiger partial charge in [-0.2, -0.15) is 5.10 Å². The van der Waals surface area contributed by atoms with Gasteiger partial charge >= 0.3 is 24.0 Å². The van der Waals surface area contributed by atoms with E-state index < -0.39 is 46.6 Å². The third kappa shape index (κ3) is 8.00. The molecule has 0 spiro atoms. The van der Waals surface area contributed by atoms with Crippen molar-refractivity contribution in [2.75, 3.05) is 6.54 Å². The maximum absolute atomic E-state index is 16.8. The predicted molar refractivity (Wildman–Crippen MR) is 202 cm³/mol. The Kier molecular flexibility index (Phi) is 10.1. The van der Waals surface area contributed by atoms with E-state index in [1.165, 1.54) is 27.9 Å². The molecule has 3 amide bonds. The van der Waals surface area contributed by atoms with E-state index in [-0.39, 0.29) is 36.7 Å². The maximum Gasteiger partial charge on any atom is 0.429 e. The minimum absolute atomic E-state index is 0.0677. The number of hydrazine groups is 1. The topological polar surface area (TPSA) is 133 Å². The number of aromatic nitrogens is 4. The molecule has 0 aliphatic carbocycles. The van der Waals surface area contributed by atoms with Crippen LogP contribution in [0.3, 0.4) is 0 Å². The molecule has 14 nitrogen and oxygen atoms in total. The Labute approximate surface area is 324 Å². The number of imidazole rings is 1. The van der Waals surface area contributed by atoms with Crippen LogP contribution in [0.4, 0.5) is 23.2 Å². The third-order valence-electron chi connectivity index (χ3n) is 9.04. The summed E-state index contributed by atoms with van der Waals surface area (Å²) in [6.07, 6.45) is 1.02. The molecule has 2 aliphatic heterocycles. The molecule has 2 aromatic carbocycles. The number of amides is 3. The average Bonchev–Trinajstić information content (AvgIpc) is 3.63. The van der Waals surface area contributed by atoms with Gasteiger partial charge in [-0.1, -0.05) is 6.07 Å². The highest BCUT2D eigenvalue weighted by molar-refractivity contribution is 5.75. The SMILES string of the molecule is Cc1cc(-n2nc3c(c2-n2ccn(-c4ccc5c(c4F)CN(C(=O)OC(C)(C)C)N(C(=O)OC(C)(C)C)C5)c2=O)CN(C(=O)OC(C)(C)C)CC3)cc(C)c1F. The Morgan fingerprint density at radius 2 is 1.23 bits per heavy atom. The van der Waals surface area contributed by atoms with E-state index in [0.717, 1.165) is 14.6 Å². The zero-order chi connectivity index (χ0) is 41.2. The first-order valence-electron chi connectivity index (χ1n) is 18.4. The fraction of sp³-hybridized carbons (Fsp3) is 0.475. The molecule has 0 unspecified atom stereocenters. The van der Waals surface area contributed by atoms with Crippen molar-refractivity contribution in [3.05, 3.63) is 92.3 Å². The largest absolute Gasteiger partial charge is 0.444 e. The van der Waals surface area contributed by atoms with Gasteiger partial charge in [-0.15, -0.1) is 0 Å². The first-order valence-corrected chi connectivity index (χ1v) is 18.4. The summed E-state index contributed by atoms with van der Waals surface area (Å²) in [7, 11) is 0. The zero-order valence-electron chi connectivity index (χ0n) is 33.7. The number of benzene rings is 2. The molecule has 0 N–H and O–H groups in total. The van der Waals surface area contributed by atoms with Crippen LogP contribution in [0.1, 0.15) is 95.8 Å². The molecule has 0 fully saturated rings. The quantitative estimate of drug-likeness (QED) is 0.197. The van der Waals surface area contributed by atoms with Gasteiger partial charge in [-0.05, 0) is 111 Å². The number of halogens is 2. The van der Waals surface area contributed by atoms with Gasteiger partial charge in [0.05, 0.1) is 36.7 Å². The smallest absolute Gasteiger partial charge is 0.429 e. The van der Waals surface area contributed by atoms with Crippen LogP contribution in [-0.2, 0) is 40.3 Å². The predicted octanol–water partition coefficient (Wildman–Crippen LogP) is 7.40. The van der Waals surface area contributed by atoms with Crippen molar-refractivity contribution in [1.82, 2.24) is 33.8 Å². The second-order valence-corrected chi connectivity index (χ2v) is 17.1. The van der Waals surface area contributed by atoms with E-state index in [1.807, 2.05) is 0 Å². The van der Waals surface area contributed by atoms with Crippen molar-refractivity contribution in [2.45, 2.75) is 119 Å². The highest BCUT2D eigenvalue weighted by atomic mass is 19.1. The van der Waals surface area contributed by atoms with Crippen molar-refractivity contribution in [3.63, 3.8) is 0 Å². The van der Waals surface area contributed by atoms with Crippen LogP contribution < -0.4 is 5.69 Å². The van der Waals surface area contributed by atoms with Gasteiger partial charge in [-0.3, -0.25) is 9.13 Å². The fourth-order valence-electron chi connectivity index (χ4n) is 6.63. The minimum Gasteiger partial charge on any atom is -0.444 e. The number of fused-ring (bicyclic) bond motifs is 2. The molecule has 4 aromatic rings. The number of carbonyl (C=O) groups is 3. The van der Waals surface area contributed by atoms with E-state index in [4.69, 9.17) is 19.3 Å². The van der Waals surface area contributed by atoms with Gasteiger partial charge < -0.3 is 19.1 Å². The lowest BCUT2D eigenvalue weighted by atomic mass is 10.0. The second kappa shape index (κ2) is 14.1. The summed E-state index contributed by atoms with van der Waals surface area (Å²) in [4.78, 5) is 55.9. The van der Waals surface area contributed by atoms with Crippen molar-refractivity contribution in [3.8, 4) is 17.2 Å². The van der Waals surface area contributed by atoms with Crippen LogP contribution in [0.2, 0.25) is 0 Å². The monoisotopic (exact) mass is 777 g/mol. The number of hydrogen-bond donors (Lipinski definition) is 0. The summed E-state index contributed by atoms with van der Waals surface area (Å²) in [5, 5.41) is 6.92. The molecule has 0 saturated carbocycles. The van der Waals surface area contributed by atoms with Crippen molar-refractivity contribution in [1.29, 1.82) is 0 Å². The van der Waals surface area contributed by atoms with Gasteiger partial charge in [-0.25, -0.2) is 42.7 Å². The number of rotatable bonds is 3. The number of nitrogens with zero attached hydrogens (tertiary/aromatic N) is 7. The Morgan fingerprint density at radius 1 is 0.696 bits per heavy atom. The van der Waals surface area contributed by atoms with Crippen molar-refractivity contribution >= 4 is 18.3 Å². The van der Waals surface area contributed by atoms with E-state index in [2.05, 4.69) is 0 Å². The summed E-state index contributed by atoms with van der Waals surface area (Å²) in [5.41, 5.74) is -0.363. The van der Waals surface area contributed by atoms with Crippen LogP contribution in [0.25, 0.3) is 17.2 Å². The molecule has 0 saturated heterocycles. The lowest BCUT2D eigenvalue weighted by molar-refractivity contribution is -0.0756. The van der Waals surface area contributed by atoms with E-state index >= 15 is 4.39 Å². The molecule has 6 rings (SSSR count). The van der Waals surface area contributed by atoms with Crippen molar-refractivity contribution in [2.24, 2.45) is 0 Å². The van der Waals surface area contributed by atoms with Gasteiger partial charge in [0.2, 0.25) is 0 Å². The highest BCUT2D eigenvalue weighted by Gasteiger charge is 2.39. The van der Waals surface area contributed by atoms with Crippen LogP contribution in [0, 0.1) is 25.5 Å². The number of ether oxygens (including phenoxy) is 3. The van der Waals surface area contributed by atoms with Gasteiger partial charge in [0, 0.05) is 36.5 Å². The van der Waals surface area contributed by atoms with Crippen LogP contribution in [0.15, 0.2) is 41.5 Å². The minimum atomic E-state index is -0.922. The molecule has 56 heavy (non-hydrogen) atoms. The van der Waals surface area contributed by atoms with Crippen LogP contribution in [0.5, 0.6) is 0 Å². The van der Waals surface area contributed by atoms with Gasteiger partial charge in [0.1, 0.15) is 28.4 Å². The van der Waals surface area contributed by atoms with Crippen molar-refractivity contribution < 1.29 is 37.4 Å². The van der Waals surface area contributed by atoms with E-state index in [0.29, 0.717) is 52.4 Å². The molecule has 0 radical (unpaired) electrons. The summed E-state index contributed by atoms with van der Waals surface area (Å²) in [5.74, 6) is -0.852. The molecule has 2 aliphatic rings. The fourth-order valence-corrected chi connectivity index (χ4v) is 6.63. The summed E-state index contributed by atoms with van der Waals surface area (Å²) in [6, 6.07) is 6.27. The molecule has 0 bridgehead atoms. The Bertz CT molecular complexity index is 2270.